The van der Waals surface area contributed by atoms with E-state index < -0.39 is 0 Å². The molecule has 1 fully saturated rings. The largest absolute Gasteiger partial charge is 0.399 e. The summed E-state index contributed by atoms with van der Waals surface area (Å²) in [6.45, 7) is 5.09. The molecule has 21 heavy (non-hydrogen) atoms. The summed E-state index contributed by atoms with van der Waals surface area (Å²) in [7, 11) is 2.14. The Hall–Kier alpha value is -1.85. The topological polar surface area (TPSA) is 37.4 Å². The van der Waals surface area contributed by atoms with Crippen molar-refractivity contribution >= 4 is 5.69 Å². The van der Waals surface area contributed by atoms with Gasteiger partial charge in [0.25, 0.3) is 0 Å². The van der Waals surface area contributed by atoms with Crippen LogP contribution in [-0.2, 0) is 6.54 Å². The minimum atomic E-state index is -0.286. The van der Waals surface area contributed by atoms with Crippen LogP contribution in [0.4, 0.5) is 10.1 Å². The molecule has 112 valence electrons. The van der Waals surface area contributed by atoms with E-state index in [4.69, 9.17) is 5.73 Å². The molecule has 4 nitrogen and oxygen atoms in total. The number of halogens is 1. The second kappa shape index (κ2) is 5.87. The lowest BCUT2D eigenvalue weighted by atomic mass is 10.2. The van der Waals surface area contributed by atoms with Crippen molar-refractivity contribution in [2.45, 2.75) is 6.54 Å². The van der Waals surface area contributed by atoms with Crippen LogP contribution < -0.4 is 5.73 Å². The van der Waals surface area contributed by atoms with Gasteiger partial charge < -0.3 is 15.2 Å². The normalized spacial score (nSPS) is 17.2. The van der Waals surface area contributed by atoms with Crippen molar-refractivity contribution in [3.63, 3.8) is 0 Å². The highest BCUT2D eigenvalue weighted by molar-refractivity contribution is 5.47. The van der Waals surface area contributed by atoms with Gasteiger partial charge in [0.15, 0.2) is 0 Å². The van der Waals surface area contributed by atoms with Crippen molar-refractivity contribution in [1.82, 2.24) is 14.4 Å². The molecule has 2 aromatic rings. The van der Waals surface area contributed by atoms with Gasteiger partial charge >= 0.3 is 0 Å². The Balaban J connectivity index is 1.80. The summed E-state index contributed by atoms with van der Waals surface area (Å²) < 4.78 is 16.0. The molecule has 0 radical (unpaired) electrons. The SMILES string of the molecule is CN1CCN(Cc2cccn2-c2ccc(N)cc2F)CC1. The first-order valence-electron chi connectivity index (χ1n) is 7.26. The molecule has 2 N–H and O–H groups in total. The average molecular weight is 288 g/mol. The Morgan fingerprint density at radius 3 is 2.62 bits per heavy atom. The van der Waals surface area contributed by atoms with Crippen LogP contribution in [0.25, 0.3) is 5.69 Å². The van der Waals surface area contributed by atoms with Crippen LogP contribution in [0.15, 0.2) is 36.5 Å². The zero-order valence-electron chi connectivity index (χ0n) is 12.3. The summed E-state index contributed by atoms with van der Waals surface area (Å²) >= 11 is 0. The van der Waals surface area contributed by atoms with Gasteiger partial charge in [-0.3, -0.25) is 4.90 Å². The molecule has 0 spiro atoms. The number of piperazine rings is 1. The van der Waals surface area contributed by atoms with Crippen LogP contribution in [0.3, 0.4) is 0 Å². The van der Waals surface area contributed by atoms with Gasteiger partial charge in [0.2, 0.25) is 0 Å². The minimum Gasteiger partial charge on any atom is -0.399 e. The zero-order valence-corrected chi connectivity index (χ0v) is 12.3. The number of nitrogens with zero attached hydrogens (tertiary/aromatic N) is 3. The van der Waals surface area contributed by atoms with E-state index in [0.29, 0.717) is 11.4 Å². The fraction of sp³-hybridized carbons (Fsp3) is 0.375. The molecule has 5 heteroatoms. The number of hydrogen-bond donors (Lipinski definition) is 1. The van der Waals surface area contributed by atoms with Gasteiger partial charge in [0.1, 0.15) is 5.82 Å². The van der Waals surface area contributed by atoms with Gasteiger partial charge in [-0.05, 0) is 37.4 Å². The molecule has 1 aromatic carbocycles. The summed E-state index contributed by atoms with van der Waals surface area (Å²) in [5.41, 5.74) is 7.72. The Morgan fingerprint density at radius 2 is 1.90 bits per heavy atom. The molecule has 3 rings (SSSR count). The average Bonchev–Trinajstić information content (AvgIpc) is 2.89. The highest BCUT2D eigenvalue weighted by atomic mass is 19.1. The third-order valence-corrected chi connectivity index (χ3v) is 4.05. The van der Waals surface area contributed by atoms with E-state index in [1.807, 2.05) is 22.9 Å². The van der Waals surface area contributed by atoms with Crippen molar-refractivity contribution in [1.29, 1.82) is 0 Å². The molecule has 0 unspecified atom stereocenters. The standard InChI is InChI=1S/C16H21FN4/c1-19-7-9-20(10-8-19)12-14-3-2-6-21(14)16-5-4-13(18)11-15(16)17/h2-6,11H,7-10,12,18H2,1H3. The van der Waals surface area contributed by atoms with Crippen molar-refractivity contribution in [3.8, 4) is 5.69 Å². The monoisotopic (exact) mass is 288 g/mol. The van der Waals surface area contributed by atoms with E-state index in [1.54, 1.807) is 12.1 Å². The number of rotatable bonds is 3. The van der Waals surface area contributed by atoms with Crippen LogP contribution in [0.5, 0.6) is 0 Å². The molecule has 0 aliphatic carbocycles. The van der Waals surface area contributed by atoms with E-state index in [9.17, 15) is 4.39 Å². The summed E-state index contributed by atoms with van der Waals surface area (Å²) in [4.78, 5) is 4.73. The summed E-state index contributed by atoms with van der Waals surface area (Å²) in [6.07, 6.45) is 1.90. The predicted molar refractivity (Wildman–Crippen MR) is 82.9 cm³/mol. The quantitative estimate of drug-likeness (QED) is 0.877. The van der Waals surface area contributed by atoms with Gasteiger partial charge in [-0.25, -0.2) is 4.39 Å². The second-order valence-electron chi connectivity index (χ2n) is 5.66. The van der Waals surface area contributed by atoms with Crippen molar-refractivity contribution < 1.29 is 4.39 Å². The van der Waals surface area contributed by atoms with Crippen LogP contribution in [0, 0.1) is 5.82 Å². The highest BCUT2D eigenvalue weighted by Gasteiger charge is 2.16. The molecular weight excluding hydrogens is 267 g/mol. The number of benzene rings is 1. The lowest BCUT2D eigenvalue weighted by Crippen LogP contribution is -2.44. The molecule has 1 saturated heterocycles. The fourth-order valence-corrected chi connectivity index (χ4v) is 2.73. The number of nitrogens with two attached hydrogens (primary N) is 1. The predicted octanol–water partition coefficient (Wildman–Crippen LogP) is 1.95. The molecule has 0 amide bonds. The Bertz CT molecular complexity index is 614. The lowest BCUT2D eigenvalue weighted by molar-refractivity contribution is 0.146. The summed E-state index contributed by atoms with van der Waals surface area (Å²) in [6, 6.07) is 8.85. The molecule has 1 aromatic heterocycles. The Morgan fingerprint density at radius 1 is 1.14 bits per heavy atom. The van der Waals surface area contributed by atoms with E-state index in [2.05, 4.69) is 16.8 Å². The van der Waals surface area contributed by atoms with Gasteiger partial charge in [-0.1, -0.05) is 0 Å². The van der Waals surface area contributed by atoms with Crippen molar-refractivity contribution in [3.05, 3.63) is 48.0 Å². The lowest BCUT2D eigenvalue weighted by Gasteiger charge is -2.32. The zero-order chi connectivity index (χ0) is 14.8. The molecule has 1 aliphatic rings. The third-order valence-electron chi connectivity index (χ3n) is 4.05. The van der Waals surface area contributed by atoms with Crippen molar-refractivity contribution in [2.75, 3.05) is 39.0 Å². The maximum atomic E-state index is 14.1. The van der Waals surface area contributed by atoms with Crippen LogP contribution in [-0.4, -0.2) is 47.6 Å². The number of aromatic nitrogens is 1. The smallest absolute Gasteiger partial charge is 0.149 e. The maximum Gasteiger partial charge on any atom is 0.149 e. The first-order valence-corrected chi connectivity index (χ1v) is 7.26. The first kappa shape index (κ1) is 14.1. The van der Waals surface area contributed by atoms with E-state index in [-0.39, 0.29) is 5.82 Å². The first-order chi connectivity index (χ1) is 10.1. The van der Waals surface area contributed by atoms with Gasteiger partial charge in [-0.2, -0.15) is 0 Å². The van der Waals surface area contributed by atoms with E-state index in [0.717, 1.165) is 38.4 Å². The van der Waals surface area contributed by atoms with Gasteiger partial charge in [0, 0.05) is 50.3 Å². The number of likely N-dealkylation sites (N-methyl/N-ethyl adjacent to an activating group) is 1. The highest BCUT2D eigenvalue weighted by Crippen LogP contribution is 2.20. The molecular formula is C16H21FN4. The Labute approximate surface area is 124 Å². The number of hydrogen-bond acceptors (Lipinski definition) is 3. The van der Waals surface area contributed by atoms with Gasteiger partial charge in [0.05, 0.1) is 5.69 Å². The fourth-order valence-electron chi connectivity index (χ4n) is 2.73. The molecule has 1 aliphatic heterocycles. The summed E-state index contributed by atoms with van der Waals surface area (Å²) in [5, 5.41) is 0. The maximum absolute atomic E-state index is 14.1. The Kier molecular flexibility index (Phi) is 3.94. The van der Waals surface area contributed by atoms with Gasteiger partial charge in [-0.15, -0.1) is 0 Å². The van der Waals surface area contributed by atoms with E-state index >= 15 is 0 Å². The van der Waals surface area contributed by atoms with Crippen molar-refractivity contribution in [2.24, 2.45) is 0 Å². The molecule has 2 heterocycles. The van der Waals surface area contributed by atoms with Crippen LogP contribution in [0.2, 0.25) is 0 Å². The van der Waals surface area contributed by atoms with Crippen LogP contribution in [0.1, 0.15) is 5.69 Å². The van der Waals surface area contributed by atoms with Crippen LogP contribution >= 0.6 is 0 Å². The third kappa shape index (κ3) is 3.09. The summed E-state index contributed by atoms with van der Waals surface area (Å²) in [5.74, 6) is -0.286. The van der Waals surface area contributed by atoms with E-state index in [1.165, 1.54) is 6.07 Å². The molecule has 0 saturated carbocycles. The molecule has 0 bridgehead atoms. The molecule has 0 atom stereocenters. The second-order valence-corrected chi connectivity index (χ2v) is 5.66. The number of anilines is 1. The minimum absolute atomic E-state index is 0.286. The number of nitrogen functional groups attached to an aromatic ring is 1.